The van der Waals surface area contributed by atoms with Gasteiger partial charge in [-0.05, 0) is 69.7 Å². The maximum absolute atomic E-state index is 12.3. The topological polar surface area (TPSA) is 117 Å². The van der Waals surface area contributed by atoms with E-state index in [2.05, 4.69) is 16.0 Å². The van der Waals surface area contributed by atoms with Gasteiger partial charge in [0.25, 0.3) is 11.8 Å². The van der Waals surface area contributed by atoms with Crippen molar-refractivity contribution >= 4 is 29.5 Å². The van der Waals surface area contributed by atoms with Crippen LogP contribution in [0.25, 0.3) is 0 Å². The Morgan fingerprint density at radius 2 is 1.47 bits per heavy atom. The molecule has 0 radical (unpaired) electrons. The number of hydrogen-bond acceptors (Lipinski definition) is 5. The van der Waals surface area contributed by atoms with Crippen LogP contribution in [-0.2, 0) is 16.1 Å². The van der Waals surface area contributed by atoms with Crippen molar-refractivity contribution in [2.24, 2.45) is 0 Å². The molecule has 0 aromatic heterocycles. The summed E-state index contributed by atoms with van der Waals surface area (Å²) in [7, 11) is 0. The second kappa shape index (κ2) is 13.0. The van der Waals surface area contributed by atoms with Gasteiger partial charge in [0.05, 0.1) is 5.56 Å². The maximum atomic E-state index is 12.3. The number of ether oxygens (including phenoxy) is 1. The molecule has 0 bridgehead atoms. The fourth-order valence-electron chi connectivity index (χ4n) is 3.06. The van der Waals surface area contributed by atoms with E-state index in [1.165, 1.54) is 0 Å². The Labute approximate surface area is 199 Å². The van der Waals surface area contributed by atoms with Gasteiger partial charge in [-0.1, -0.05) is 12.1 Å². The first-order valence-corrected chi connectivity index (χ1v) is 11.2. The number of benzene rings is 2. The molecule has 0 heterocycles. The molecule has 2 aromatic carbocycles. The highest BCUT2D eigenvalue weighted by molar-refractivity contribution is 5.97. The van der Waals surface area contributed by atoms with E-state index in [1.54, 1.807) is 53.4 Å². The van der Waals surface area contributed by atoms with Crippen LogP contribution >= 0.6 is 0 Å². The van der Waals surface area contributed by atoms with E-state index in [-0.39, 0.29) is 18.0 Å². The van der Waals surface area contributed by atoms with Crippen LogP contribution < -0.4 is 16.0 Å². The molecule has 0 saturated heterocycles. The predicted molar refractivity (Wildman–Crippen MR) is 130 cm³/mol. The van der Waals surface area contributed by atoms with Gasteiger partial charge in [0, 0.05) is 36.9 Å². The van der Waals surface area contributed by atoms with Crippen molar-refractivity contribution in [1.29, 1.82) is 0 Å². The van der Waals surface area contributed by atoms with Crippen LogP contribution in [0.4, 0.5) is 10.5 Å². The van der Waals surface area contributed by atoms with E-state index in [4.69, 9.17) is 4.74 Å². The minimum atomic E-state index is -0.632. The van der Waals surface area contributed by atoms with Crippen LogP contribution in [-0.4, -0.2) is 54.5 Å². The molecule has 0 aliphatic rings. The first-order valence-electron chi connectivity index (χ1n) is 11.2. The molecule has 0 atom stereocenters. The monoisotopic (exact) mass is 468 g/mol. The number of nitrogens with zero attached hydrogens (tertiary/aromatic N) is 1. The third-order valence-electron chi connectivity index (χ3n) is 4.86. The lowest BCUT2D eigenvalue weighted by Crippen LogP contribution is -2.39. The molecule has 2 aromatic rings. The molecule has 2 rings (SSSR count). The van der Waals surface area contributed by atoms with Crippen LogP contribution in [0, 0.1) is 0 Å². The van der Waals surface area contributed by atoms with Crippen LogP contribution in [0.2, 0.25) is 0 Å². The summed E-state index contributed by atoms with van der Waals surface area (Å²) in [5.74, 6) is -1.20. The van der Waals surface area contributed by atoms with Gasteiger partial charge in [-0.25, -0.2) is 9.59 Å². The number of hydrogen-bond donors (Lipinski definition) is 3. The van der Waals surface area contributed by atoms with Gasteiger partial charge in [-0.3, -0.25) is 9.59 Å². The summed E-state index contributed by atoms with van der Waals surface area (Å²) in [6.45, 7) is 8.67. The lowest BCUT2D eigenvalue weighted by molar-refractivity contribution is -0.119. The molecule has 182 valence electrons. The summed E-state index contributed by atoms with van der Waals surface area (Å²) < 4.78 is 5.07. The smallest absolute Gasteiger partial charge is 0.338 e. The zero-order valence-corrected chi connectivity index (χ0v) is 20.0. The van der Waals surface area contributed by atoms with Crippen molar-refractivity contribution < 1.29 is 23.9 Å². The highest BCUT2D eigenvalue weighted by Crippen LogP contribution is 2.12. The molecule has 0 aliphatic carbocycles. The number of carbonyl (C=O) groups is 4. The van der Waals surface area contributed by atoms with E-state index in [0.29, 0.717) is 36.4 Å². The Hall–Kier alpha value is -3.88. The Kier molecular flexibility index (Phi) is 10.1. The third kappa shape index (κ3) is 8.23. The molecule has 0 saturated carbocycles. The summed E-state index contributed by atoms with van der Waals surface area (Å²) in [5.41, 5.74) is 2.14. The highest BCUT2D eigenvalue weighted by atomic mass is 16.5. The largest absolute Gasteiger partial charge is 0.452 e. The fraction of sp³-hybridized carbons (Fsp3) is 0.360. The highest BCUT2D eigenvalue weighted by Gasteiger charge is 2.14. The second-order valence-corrected chi connectivity index (χ2v) is 7.86. The fourth-order valence-corrected chi connectivity index (χ4v) is 3.06. The number of nitrogens with one attached hydrogen (secondary N) is 3. The van der Waals surface area contributed by atoms with Crippen molar-refractivity contribution in [3.63, 3.8) is 0 Å². The standard InChI is InChI=1S/C25H32N4O5/c1-5-29(6-2)23(31)19-11-13-21(14-12-19)28-22(30)16-34-24(32)20-9-7-18(8-10-20)15-26-25(33)27-17(3)4/h7-14,17H,5-6,15-16H2,1-4H3,(H,28,30)(H2,26,27,33). The average molecular weight is 469 g/mol. The molecule has 0 fully saturated rings. The summed E-state index contributed by atoms with van der Waals surface area (Å²) in [6.07, 6.45) is 0. The number of anilines is 1. The minimum absolute atomic E-state index is 0.0375. The first kappa shape index (κ1) is 26.4. The molecule has 3 N–H and O–H groups in total. The number of carbonyl (C=O) groups excluding carboxylic acids is 4. The Bertz CT molecular complexity index is 983. The second-order valence-electron chi connectivity index (χ2n) is 7.86. The molecule has 0 aliphatic heterocycles. The van der Waals surface area contributed by atoms with E-state index in [0.717, 1.165) is 5.56 Å². The summed E-state index contributed by atoms with van der Waals surface area (Å²) in [6, 6.07) is 12.9. The van der Waals surface area contributed by atoms with Crippen LogP contribution in [0.3, 0.4) is 0 Å². The van der Waals surface area contributed by atoms with Crippen LogP contribution in [0.1, 0.15) is 54.0 Å². The van der Waals surface area contributed by atoms with E-state index < -0.39 is 18.5 Å². The lowest BCUT2D eigenvalue weighted by atomic mass is 10.1. The van der Waals surface area contributed by atoms with Crippen LogP contribution in [0.5, 0.6) is 0 Å². The van der Waals surface area contributed by atoms with Crippen molar-refractivity contribution in [2.45, 2.75) is 40.3 Å². The van der Waals surface area contributed by atoms with Gasteiger partial charge in [0.2, 0.25) is 0 Å². The zero-order valence-electron chi connectivity index (χ0n) is 20.0. The van der Waals surface area contributed by atoms with Crippen LogP contribution in [0.15, 0.2) is 48.5 Å². The molecular weight excluding hydrogens is 436 g/mol. The predicted octanol–water partition coefficient (Wildman–Crippen LogP) is 3.17. The Morgan fingerprint density at radius 1 is 0.882 bits per heavy atom. The SMILES string of the molecule is CCN(CC)C(=O)c1ccc(NC(=O)COC(=O)c2ccc(CNC(=O)NC(C)C)cc2)cc1. The molecule has 9 heteroatoms. The Balaban J connectivity index is 1.80. The number of rotatable bonds is 10. The molecule has 0 spiro atoms. The van der Waals surface area contributed by atoms with E-state index in [1.807, 2.05) is 27.7 Å². The summed E-state index contributed by atoms with van der Waals surface area (Å²) in [5, 5.41) is 8.08. The minimum Gasteiger partial charge on any atom is -0.452 e. The van der Waals surface area contributed by atoms with Gasteiger partial charge in [0.15, 0.2) is 6.61 Å². The van der Waals surface area contributed by atoms with Crippen molar-refractivity contribution in [3.05, 3.63) is 65.2 Å². The van der Waals surface area contributed by atoms with Crippen molar-refractivity contribution in [2.75, 3.05) is 25.0 Å². The maximum Gasteiger partial charge on any atom is 0.338 e. The van der Waals surface area contributed by atoms with Crippen molar-refractivity contribution in [1.82, 2.24) is 15.5 Å². The molecular formula is C25H32N4O5. The quantitative estimate of drug-likeness (QED) is 0.463. The normalized spacial score (nSPS) is 10.4. The molecule has 9 nitrogen and oxygen atoms in total. The van der Waals surface area contributed by atoms with Gasteiger partial charge >= 0.3 is 12.0 Å². The summed E-state index contributed by atoms with van der Waals surface area (Å²) >= 11 is 0. The first-order chi connectivity index (χ1) is 16.2. The van der Waals surface area contributed by atoms with Gasteiger partial charge in [-0.15, -0.1) is 0 Å². The summed E-state index contributed by atoms with van der Waals surface area (Å²) in [4.78, 5) is 50.0. The average Bonchev–Trinajstić information content (AvgIpc) is 2.82. The molecule has 0 unspecified atom stereocenters. The van der Waals surface area contributed by atoms with Crippen molar-refractivity contribution in [3.8, 4) is 0 Å². The number of amides is 4. The zero-order chi connectivity index (χ0) is 25.1. The Morgan fingerprint density at radius 3 is 2.03 bits per heavy atom. The van der Waals surface area contributed by atoms with Gasteiger partial charge in [0.1, 0.15) is 0 Å². The van der Waals surface area contributed by atoms with Gasteiger partial charge in [-0.2, -0.15) is 0 Å². The molecule has 34 heavy (non-hydrogen) atoms. The third-order valence-corrected chi connectivity index (χ3v) is 4.86. The van der Waals surface area contributed by atoms with E-state index >= 15 is 0 Å². The number of esters is 1. The van der Waals surface area contributed by atoms with Gasteiger partial charge < -0.3 is 25.6 Å². The lowest BCUT2D eigenvalue weighted by Gasteiger charge is -2.18. The van der Waals surface area contributed by atoms with E-state index in [9.17, 15) is 19.2 Å². The number of urea groups is 1. The molecule has 4 amide bonds.